The molecule has 1 aliphatic heterocycles. The third kappa shape index (κ3) is 4.95. The van der Waals surface area contributed by atoms with E-state index in [4.69, 9.17) is 27.8 Å². The minimum Gasteiger partial charge on any atom is -0.482 e. The van der Waals surface area contributed by atoms with Gasteiger partial charge in [0.15, 0.2) is 6.61 Å². The van der Waals surface area contributed by atoms with Gasteiger partial charge in [0.2, 0.25) is 10.0 Å². The largest absolute Gasteiger partial charge is 0.482 e. The Balaban J connectivity index is 0.00000264. The first-order valence-electron chi connectivity index (χ1n) is 6.77. The lowest BCUT2D eigenvalue weighted by Crippen LogP contribution is -2.45. The number of piperidine rings is 1. The molecule has 4 N–H and O–H groups in total. The SMILES string of the molecule is Cl.NC(=O)COc1ccc(Cl)cc1S(=O)(=O)N1CCCC(N)C1. The van der Waals surface area contributed by atoms with Crippen LogP contribution in [0.2, 0.25) is 5.02 Å². The molecule has 0 aliphatic carbocycles. The normalized spacial score (nSPS) is 19.0. The zero-order valence-electron chi connectivity index (χ0n) is 12.3. The maximum atomic E-state index is 12.8. The fraction of sp³-hybridized carbons (Fsp3) is 0.462. The molecule has 7 nitrogen and oxygen atoms in total. The Morgan fingerprint density at radius 2 is 2.13 bits per heavy atom. The molecule has 10 heteroatoms. The zero-order valence-corrected chi connectivity index (χ0v) is 14.7. The van der Waals surface area contributed by atoms with Crippen molar-refractivity contribution in [2.24, 2.45) is 11.5 Å². The lowest BCUT2D eigenvalue weighted by Gasteiger charge is -2.30. The van der Waals surface area contributed by atoms with Crippen molar-refractivity contribution < 1.29 is 17.9 Å². The first-order chi connectivity index (χ1) is 10.3. The molecule has 1 saturated heterocycles. The van der Waals surface area contributed by atoms with Crippen LogP contribution in [-0.2, 0) is 14.8 Å². The van der Waals surface area contributed by atoms with Crippen LogP contribution in [0.4, 0.5) is 0 Å². The van der Waals surface area contributed by atoms with Crippen molar-refractivity contribution in [2.45, 2.75) is 23.8 Å². The molecule has 0 spiro atoms. The second-order valence-corrected chi connectivity index (χ2v) is 7.45. The number of nitrogens with two attached hydrogens (primary N) is 2. The first kappa shape index (κ1) is 20.0. The van der Waals surface area contributed by atoms with Gasteiger partial charge in [-0.2, -0.15) is 4.31 Å². The van der Waals surface area contributed by atoms with Crippen LogP contribution in [0.15, 0.2) is 23.1 Å². The standard InChI is InChI=1S/C13H18ClN3O4S.ClH/c14-9-3-4-11(21-8-13(16)18)12(6-9)22(19,20)17-5-1-2-10(15)7-17;/h3-4,6,10H,1-2,5,7-8,15H2,(H2,16,18);1H. The van der Waals surface area contributed by atoms with Gasteiger partial charge in [-0.15, -0.1) is 12.4 Å². The van der Waals surface area contributed by atoms with E-state index in [1.165, 1.54) is 22.5 Å². The Morgan fingerprint density at radius 1 is 1.43 bits per heavy atom. The summed E-state index contributed by atoms with van der Waals surface area (Å²) in [7, 11) is -3.80. The fourth-order valence-corrected chi connectivity index (χ4v) is 4.21. The van der Waals surface area contributed by atoms with Crippen molar-refractivity contribution in [1.29, 1.82) is 0 Å². The Morgan fingerprint density at radius 3 is 2.74 bits per heavy atom. The van der Waals surface area contributed by atoms with E-state index < -0.39 is 22.5 Å². The molecule has 1 aliphatic rings. The zero-order chi connectivity index (χ0) is 16.3. The molecule has 0 bridgehead atoms. The van der Waals surface area contributed by atoms with E-state index in [9.17, 15) is 13.2 Å². The van der Waals surface area contributed by atoms with E-state index in [2.05, 4.69) is 0 Å². The van der Waals surface area contributed by atoms with Crippen molar-refractivity contribution >= 4 is 39.9 Å². The Kier molecular flexibility index (Phi) is 7.09. The van der Waals surface area contributed by atoms with E-state index in [0.29, 0.717) is 13.0 Å². The monoisotopic (exact) mass is 383 g/mol. The molecule has 1 unspecified atom stereocenters. The van der Waals surface area contributed by atoms with Gasteiger partial charge in [-0.1, -0.05) is 11.6 Å². The molecule has 130 valence electrons. The molecule has 23 heavy (non-hydrogen) atoms. The second-order valence-electron chi connectivity index (χ2n) is 5.11. The smallest absolute Gasteiger partial charge is 0.255 e. The van der Waals surface area contributed by atoms with Gasteiger partial charge in [-0.3, -0.25) is 4.79 Å². The van der Waals surface area contributed by atoms with E-state index in [0.717, 1.165) is 6.42 Å². The molecule has 2 rings (SSSR count). The summed E-state index contributed by atoms with van der Waals surface area (Å²) < 4.78 is 32.0. The van der Waals surface area contributed by atoms with Gasteiger partial charge in [0.25, 0.3) is 5.91 Å². The fourth-order valence-electron chi connectivity index (χ4n) is 2.28. The molecule has 1 amide bonds. The van der Waals surface area contributed by atoms with Crippen LogP contribution in [0.1, 0.15) is 12.8 Å². The highest BCUT2D eigenvalue weighted by Crippen LogP contribution is 2.31. The molecule has 0 radical (unpaired) electrons. The highest BCUT2D eigenvalue weighted by molar-refractivity contribution is 7.89. The number of primary amides is 1. The molecule has 1 aromatic carbocycles. The molecular weight excluding hydrogens is 365 g/mol. The molecule has 1 atom stereocenters. The van der Waals surface area contributed by atoms with Gasteiger partial charge in [0.1, 0.15) is 10.6 Å². The van der Waals surface area contributed by atoms with Crippen molar-refractivity contribution in [3.63, 3.8) is 0 Å². The van der Waals surface area contributed by atoms with Crippen molar-refractivity contribution in [3.05, 3.63) is 23.2 Å². The summed E-state index contributed by atoms with van der Waals surface area (Å²) >= 11 is 5.90. The average Bonchev–Trinajstić information content (AvgIpc) is 2.45. The van der Waals surface area contributed by atoms with Crippen LogP contribution < -0.4 is 16.2 Å². The molecule has 1 heterocycles. The van der Waals surface area contributed by atoms with Crippen molar-refractivity contribution in [2.75, 3.05) is 19.7 Å². The quantitative estimate of drug-likeness (QED) is 0.777. The summed E-state index contributed by atoms with van der Waals surface area (Å²) in [5.74, 6) is -0.652. The number of sulfonamides is 1. The summed E-state index contributed by atoms with van der Waals surface area (Å²) in [4.78, 5) is 10.8. The van der Waals surface area contributed by atoms with Crippen LogP contribution in [0.3, 0.4) is 0 Å². The lowest BCUT2D eigenvalue weighted by atomic mass is 10.1. The number of hydrogen-bond acceptors (Lipinski definition) is 5. The number of halogens is 2. The van der Waals surface area contributed by atoms with Gasteiger partial charge in [-0.05, 0) is 31.0 Å². The van der Waals surface area contributed by atoms with Gasteiger partial charge < -0.3 is 16.2 Å². The van der Waals surface area contributed by atoms with E-state index in [1.54, 1.807) is 0 Å². The molecule has 1 fully saturated rings. The predicted molar refractivity (Wildman–Crippen MR) is 89.4 cm³/mol. The van der Waals surface area contributed by atoms with Crippen LogP contribution in [0.25, 0.3) is 0 Å². The number of amides is 1. The third-order valence-electron chi connectivity index (χ3n) is 3.31. The van der Waals surface area contributed by atoms with Crippen molar-refractivity contribution in [1.82, 2.24) is 4.31 Å². The van der Waals surface area contributed by atoms with Crippen LogP contribution in [0.5, 0.6) is 5.75 Å². The third-order valence-corrected chi connectivity index (χ3v) is 5.44. The number of nitrogens with zero attached hydrogens (tertiary/aromatic N) is 1. The number of benzene rings is 1. The van der Waals surface area contributed by atoms with E-state index in [1.807, 2.05) is 0 Å². The summed E-state index contributed by atoms with van der Waals surface area (Å²) in [5, 5.41) is 0.256. The minimum absolute atomic E-state index is 0. The number of carbonyl (C=O) groups excluding carboxylic acids is 1. The molecule has 0 saturated carbocycles. The molecule has 0 aromatic heterocycles. The maximum Gasteiger partial charge on any atom is 0.255 e. The predicted octanol–water partition coefficient (Wildman–Crippen LogP) is 0.738. The van der Waals surface area contributed by atoms with Gasteiger partial charge >= 0.3 is 0 Å². The number of rotatable bonds is 5. The number of hydrogen-bond donors (Lipinski definition) is 2. The van der Waals surface area contributed by atoms with Crippen LogP contribution >= 0.6 is 24.0 Å². The molecule has 1 aromatic rings. The highest BCUT2D eigenvalue weighted by Gasteiger charge is 2.31. The molecular formula is C13H19Cl2N3O4S. The van der Waals surface area contributed by atoms with E-state index >= 15 is 0 Å². The number of ether oxygens (including phenoxy) is 1. The van der Waals surface area contributed by atoms with Gasteiger partial charge in [0, 0.05) is 24.2 Å². The highest BCUT2D eigenvalue weighted by atomic mass is 35.5. The summed E-state index contributed by atoms with van der Waals surface area (Å²) in [5.41, 5.74) is 10.9. The van der Waals surface area contributed by atoms with E-state index in [-0.39, 0.29) is 40.7 Å². The second kappa shape index (κ2) is 8.16. The topological polar surface area (TPSA) is 116 Å². The summed E-state index contributed by atoms with van der Waals surface area (Å²) in [6, 6.07) is 3.99. The van der Waals surface area contributed by atoms with Gasteiger partial charge in [-0.25, -0.2) is 8.42 Å². The summed E-state index contributed by atoms with van der Waals surface area (Å²) in [6.07, 6.45) is 1.48. The van der Waals surface area contributed by atoms with Crippen LogP contribution in [-0.4, -0.2) is 44.4 Å². The van der Waals surface area contributed by atoms with Crippen molar-refractivity contribution in [3.8, 4) is 5.75 Å². The number of carbonyl (C=O) groups is 1. The Labute approximate surface area is 146 Å². The maximum absolute atomic E-state index is 12.8. The lowest BCUT2D eigenvalue weighted by molar-refractivity contribution is -0.120. The van der Waals surface area contributed by atoms with Gasteiger partial charge in [0.05, 0.1) is 0 Å². The average molecular weight is 384 g/mol. The minimum atomic E-state index is -3.80. The van der Waals surface area contributed by atoms with Crippen LogP contribution in [0, 0.1) is 0 Å². The Hall–Kier alpha value is -1.06. The first-order valence-corrected chi connectivity index (χ1v) is 8.59. The Bertz CT molecular complexity index is 669. The summed E-state index contributed by atoms with van der Waals surface area (Å²) in [6.45, 7) is 0.214.